The predicted octanol–water partition coefficient (Wildman–Crippen LogP) is 6.98. The van der Waals surface area contributed by atoms with Gasteiger partial charge in [0.2, 0.25) is 0 Å². The maximum atomic E-state index is 13.7. The lowest BCUT2D eigenvalue weighted by atomic mass is 9.71. The fourth-order valence-electron chi connectivity index (χ4n) is 5.21. The Morgan fingerprint density at radius 1 is 0.921 bits per heavy atom. The highest BCUT2D eigenvalue weighted by Crippen LogP contribution is 2.48. The fourth-order valence-corrected chi connectivity index (χ4v) is 5.63. The SMILES string of the molecule is CC1=C(C(=O)OCCOc2ccccc2)[C@@H](c2cccc(Cl)c2Cl)C2=C(C[C@@H](c3ccccc3)CC2=O)N1. The highest BCUT2D eigenvalue weighted by molar-refractivity contribution is 6.42. The number of allylic oxidation sites excluding steroid dienone is 3. The highest BCUT2D eigenvalue weighted by Gasteiger charge is 2.42. The second-order valence-electron chi connectivity index (χ2n) is 9.37. The first-order valence-electron chi connectivity index (χ1n) is 12.5. The number of para-hydroxylation sites is 1. The van der Waals surface area contributed by atoms with Gasteiger partial charge in [0.05, 0.1) is 15.6 Å². The number of hydrogen-bond donors (Lipinski definition) is 1. The minimum atomic E-state index is -0.691. The van der Waals surface area contributed by atoms with Crippen molar-refractivity contribution in [1.82, 2.24) is 5.32 Å². The summed E-state index contributed by atoms with van der Waals surface area (Å²) in [6.45, 7) is 2.07. The molecule has 1 N–H and O–H groups in total. The van der Waals surface area contributed by atoms with Crippen molar-refractivity contribution in [2.45, 2.75) is 31.6 Å². The Balaban J connectivity index is 1.45. The van der Waals surface area contributed by atoms with Gasteiger partial charge in [0, 0.05) is 29.3 Å². The van der Waals surface area contributed by atoms with Crippen LogP contribution in [0.3, 0.4) is 0 Å². The van der Waals surface area contributed by atoms with Gasteiger partial charge in [-0.05, 0) is 48.6 Å². The van der Waals surface area contributed by atoms with Crippen LogP contribution in [0.4, 0.5) is 0 Å². The number of dihydropyridines is 1. The quantitative estimate of drug-likeness (QED) is 0.255. The Bertz CT molecular complexity index is 1420. The van der Waals surface area contributed by atoms with E-state index >= 15 is 0 Å². The molecule has 0 spiro atoms. The number of nitrogens with one attached hydrogen (secondary N) is 1. The Hall–Kier alpha value is -3.54. The number of carbonyl (C=O) groups is 2. The largest absolute Gasteiger partial charge is 0.490 e. The summed E-state index contributed by atoms with van der Waals surface area (Å²) in [5, 5.41) is 4.03. The maximum absolute atomic E-state index is 13.7. The summed E-state index contributed by atoms with van der Waals surface area (Å²) < 4.78 is 11.3. The van der Waals surface area contributed by atoms with Gasteiger partial charge in [-0.15, -0.1) is 0 Å². The molecule has 0 radical (unpaired) electrons. The molecule has 194 valence electrons. The third-order valence-corrected chi connectivity index (χ3v) is 7.77. The topological polar surface area (TPSA) is 64.6 Å². The van der Waals surface area contributed by atoms with E-state index in [-0.39, 0.29) is 24.9 Å². The number of Topliss-reactive ketones (excluding diaryl/α,β-unsaturated/α-hetero) is 1. The number of hydrogen-bond acceptors (Lipinski definition) is 5. The van der Waals surface area contributed by atoms with E-state index in [4.69, 9.17) is 32.7 Å². The normalized spacial score (nSPS) is 19.1. The Kier molecular flexibility index (Phi) is 7.87. The van der Waals surface area contributed by atoms with E-state index in [0.717, 1.165) is 11.3 Å². The van der Waals surface area contributed by atoms with Gasteiger partial charge >= 0.3 is 5.97 Å². The van der Waals surface area contributed by atoms with Crippen LogP contribution >= 0.6 is 23.2 Å². The van der Waals surface area contributed by atoms with Crippen molar-refractivity contribution in [2.75, 3.05) is 13.2 Å². The zero-order valence-corrected chi connectivity index (χ0v) is 22.4. The van der Waals surface area contributed by atoms with Crippen LogP contribution in [0.15, 0.2) is 101 Å². The number of rotatable bonds is 7. The van der Waals surface area contributed by atoms with Gasteiger partial charge in [-0.3, -0.25) is 4.79 Å². The van der Waals surface area contributed by atoms with E-state index in [9.17, 15) is 9.59 Å². The van der Waals surface area contributed by atoms with Crippen molar-refractivity contribution < 1.29 is 19.1 Å². The van der Waals surface area contributed by atoms with Crippen molar-refractivity contribution in [3.8, 4) is 5.75 Å². The molecule has 2 aliphatic rings. The molecule has 1 aliphatic carbocycles. The molecule has 2 atom stereocenters. The zero-order valence-electron chi connectivity index (χ0n) is 20.9. The lowest BCUT2D eigenvalue weighted by Crippen LogP contribution is -2.36. The first-order chi connectivity index (χ1) is 18.4. The van der Waals surface area contributed by atoms with Crippen LogP contribution in [0.2, 0.25) is 10.0 Å². The third kappa shape index (κ3) is 5.35. The Morgan fingerprint density at radius 2 is 1.63 bits per heavy atom. The van der Waals surface area contributed by atoms with Crippen molar-refractivity contribution >= 4 is 35.0 Å². The second kappa shape index (κ2) is 11.5. The number of halogens is 2. The first kappa shape index (κ1) is 26.1. The van der Waals surface area contributed by atoms with Crippen molar-refractivity contribution in [1.29, 1.82) is 0 Å². The number of ketones is 1. The first-order valence-corrected chi connectivity index (χ1v) is 13.3. The molecule has 0 amide bonds. The number of ether oxygens (including phenoxy) is 2. The summed E-state index contributed by atoms with van der Waals surface area (Å²) in [5.41, 5.74) is 4.03. The van der Waals surface area contributed by atoms with Crippen molar-refractivity contribution in [3.63, 3.8) is 0 Å². The molecule has 0 unspecified atom stereocenters. The fraction of sp³-hybridized carbons (Fsp3) is 0.226. The van der Waals surface area contributed by atoms with Crippen molar-refractivity contribution in [3.05, 3.63) is 123 Å². The van der Waals surface area contributed by atoms with Gasteiger partial charge in [0.15, 0.2) is 5.78 Å². The predicted molar refractivity (Wildman–Crippen MR) is 148 cm³/mol. The van der Waals surface area contributed by atoms with Gasteiger partial charge in [-0.1, -0.05) is 83.9 Å². The van der Waals surface area contributed by atoms with Crippen LogP contribution in [-0.4, -0.2) is 25.0 Å². The lowest BCUT2D eigenvalue weighted by molar-refractivity contribution is -0.140. The van der Waals surface area contributed by atoms with Crippen LogP contribution in [0.1, 0.15) is 42.7 Å². The van der Waals surface area contributed by atoms with E-state index < -0.39 is 11.9 Å². The Morgan fingerprint density at radius 3 is 2.37 bits per heavy atom. The molecule has 5 nitrogen and oxygen atoms in total. The molecule has 3 aromatic carbocycles. The highest BCUT2D eigenvalue weighted by atomic mass is 35.5. The molecule has 7 heteroatoms. The number of esters is 1. The van der Waals surface area contributed by atoms with E-state index in [1.807, 2.05) is 73.7 Å². The van der Waals surface area contributed by atoms with E-state index in [1.54, 1.807) is 12.1 Å². The molecule has 38 heavy (non-hydrogen) atoms. The maximum Gasteiger partial charge on any atom is 0.336 e. The molecule has 0 aromatic heterocycles. The van der Waals surface area contributed by atoms with Crippen LogP contribution < -0.4 is 10.1 Å². The third-order valence-electron chi connectivity index (χ3n) is 6.94. The Labute approximate surface area is 232 Å². The van der Waals surface area contributed by atoms with Gasteiger partial charge in [0.25, 0.3) is 0 Å². The van der Waals surface area contributed by atoms with Crippen LogP contribution in [0.5, 0.6) is 5.75 Å². The molecule has 0 saturated heterocycles. The summed E-state index contributed by atoms with van der Waals surface area (Å²) in [6, 6.07) is 24.6. The molecule has 0 bridgehead atoms. The zero-order chi connectivity index (χ0) is 26.6. The van der Waals surface area contributed by atoms with Gasteiger partial charge in [-0.25, -0.2) is 4.79 Å². The summed E-state index contributed by atoms with van der Waals surface area (Å²) >= 11 is 13.0. The average molecular weight is 548 g/mol. The molecule has 3 aromatic rings. The minimum absolute atomic E-state index is 0.0288. The molecule has 1 aliphatic heterocycles. The van der Waals surface area contributed by atoms with Crippen LogP contribution in [0.25, 0.3) is 0 Å². The summed E-state index contributed by atoms with van der Waals surface area (Å²) in [6.07, 6.45) is 0.982. The van der Waals surface area contributed by atoms with Gasteiger partial charge in [-0.2, -0.15) is 0 Å². The van der Waals surface area contributed by atoms with E-state index in [0.29, 0.717) is 51.0 Å². The van der Waals surface area contributed by atoms with Gasteiger partial charge < -0.3 is 14.8 Å². The van der Waals surface area contributed by atoms with Gasteiger partial charge in [0.1, 0.15) is 19.0 Å². The van der Waals surface area contributed by atoms with Crippen LogP contribution in [-0.2, 0) is 14.3 Å². The molecule has 1 heterocycles. The molecular formula is C31H27Cl2NO4. The summed E-state index contributed by atoms with van der Waals surface area (Å²) in [5.74, 6) is -0.514. The molecular weight excluding hydrogens is 521 g/mol. The van der Waals surface area contributed by atoms with Crippen molar-refractivity contribution in [2.24, 2.45) is 0 Å². The lowest BCUT2D eigenvalue weighted by Gasteiger charge is -2.37. The average Bonchev–Trinajstić information content (AvgIpc) is 2.93. The number of benzene rings is 3. The minimum Gasteiger partial charge on any atom is -0.490 e. The molecule has 0 saturated carbocycles. The smallest absolute Gasteiger partial charge is 0.336 e. The molecule has 5 rings (SSSR count). The summed E-state index contributed by atoms with van der Waals surface area (Å²) in [7, 11) is 0. The van der Waals surface area contributed by atoms with E-state index in [2.05, 4.69) is 5.32 Å². The summed E-state index contributed by atoms with van der Waals surface area (Å²) in [4.78, 5) is 27.2. The monoisotopic (exact) mass is 547 g/mol. The molecule has 0 fully saturated rings. The standard InChI is InChI=1S/C31H27Cl2NO4/c1-19-27(31(36)38-16-15-37-22-11-6-3-7-12-22)28(23-13-8-14-24(32)30(23)33)29-25(34-19)17-21(18-26(29)35)20-9-4-2-5-10-20/h2-14,21,28,34H,15-18H2,1H3/t21-,28-/m1/s1. The van der Waals surface area contributed by atoms with Crippen LogP contribution in [0, 0.1) is 0 Å². The second-order valence-corrected chi connectivity index (χ2v) is 10.2. The number of carbonyl (C=O) groups excluding carboxylic acids is 2. The van der Waals surface area contributed by atoms with E-state index in [1.165, 1.54) is 0 Å².